The van der Waals surface area contributed by atoms with Crippen LogP contribution in [0, 0.1) is 6.92 Å². The van der Waals surface area contributed by atoms with Gasteiger partial charge in [-0.05, 0) is 38.5 Å². The molecule has 1 aromatic carbocycles. The molecule has 0 saturated carbocycles. The van der Waals surface area contributed by atoms with E-state index in [0.717, 1.165) is 4.90 Å². The number of hydrogen-bond acceptors (Lipinski definition) is 6. The number of benzene rings is 1. The second-order valence-electron chi connectivity index (χ2n) is 6.14. The van der Waals surface area contributed by atoms with Gasteiger partial charge in [0.15, 0.2) is 5.54 Å². The van der Waals surface area contributed by atoms with E-state index in [2.05, 4.69) is 10.5 Å². The highest BCUT2D eigenvalue weighted by Gasteiger charge is 2.39. The fraction of sp³-hybridized carbons (Fsp3) is 0.333. The van der Waals surface area contributed by atoms with E-state index >= 15 is 0 Å². The van der Waals surface area contributed by atoms with Crippen molar-refractivity contribution in [3.05, 3.63) is 41.6 Å². The Hall–Kier alpha value is -3.36. The van der Waals surface area contributed by atoms with E-state index in [1.165, 1.54) is 27.0 Å². The van der Waals surface area contributed by atoms with Crippen molar-refractivity contribution in [1.82, 2.24) is 10.5 Å². The molecule has 2 rings (SSSR count). The summed E-state index contributed by atoms with van der Waals surface area (Å²) >= 11 is 0. The number of amides is 2. The number of aryl methyl sites for hydroxylation is 1. The van der Waals surface area contributed by atoms with E-state index < -0.39 is 23.5 Å². The first-order chi connectivity index (χ1) is 12.7. The first-order valence-electron chi connectivity index (χ1n) is 8.09. The number of ether oxygens (including phenoxy) is 1. The van der Waals surface area contributed by atoms with Gasteiger partial charge in [0.2, 0.25) is 18.2 Å². The van der Waals surface area contributed by atoms with Crippen LogP contribution in [0.15, 0.2) is 34.9 Å². The monoisotopic (exact) mass is 375 g/mol. The molecule has 1 aromatic heterocycles. The van der Waals surface area contributed by atoms with Crippen LogP contribution < -0.4 is 15.0 Å². The third-order valence-corrected chi connectivity index (χ3v) is 4.25. The topological polar surface area (TPSA) is 122 Å². The zero-order valence-corrected chi connectivity index (χ0v) is 15.4. The third kappa shape index (κ3) is 4.08. The zero-order chi connectivity index (χ0) is 20.2. The molecule has 2 N–H and O–H groups in total. The van der Waals surface area contributed by atoms with Crippen LogP contribution in [0.2, 0.25) is 0 Å². The van der Waals surface area contributed by atoms with Gasteiger partial charge in [-0.2, -0.15) is 0 Å². The lowest BCUT2D eigenvalue weighted by atomic mass is 9.91. The molecular weight excluding hydrogens is 354 g/mol. The van der Waals surface area contributed by atoms with E-state index in [1.807, 2.05) is 0 Å². The van der Waals surface area contributed by atoms with E-state index in [1.54, 1.807) is 31.2 Å². The van der Waals surface area contributed by atoms with Crippen LogP contribution in [-0.4, -0.2) is 41.7 Å². The molecule has 2 atom stereocenters. The molecule has 1 heterocycles. The predicted molar refractivity (Wildman–Crippen MR) is 95.4 cm³/mol. The van der Waals surface area contributed by atoms with Gasteiger partial charge in [0.25, 0.3) is 0 Å². The standard InChI is InChI=1S/C18H21N3O6/c1-11-9-15(27-20-11)21(10-22)12(2)16(23)19-18(3,17(24)25)13-5-7-14(26-4)8-6-13/h5-10,12H,1-4H3,(H,19,23)(H,24,25). The van der Waals surface area contributed by atoms with Gasteiger partial charge in [0, 0.05) is 6.07 Å². The van der Waals surface area contributed by atoms with Gasteiger partial charge < -0.3 is 19.7 Å². The molecule has 0 spiro atoms. The first-order valence-corrected chi connectivity index (χ1v) is 8.09. The average Bonchev–Trinajstić information content (AvgIpc) is 3.07. The lowest BCUT2D eigenvalue weighted by Crippen LogP contribution is -2.55. The molecule has 0 fully saturated rings. The van der Waals surface area contributed by atoms with Gasteiger partial charge in [0.05, 0.1) is 12.8 Å². The summed E-state index contributed by atoms with van der Waals surface area (Å²) in [6.07, 6.45) is 0.426. The van der Waals surface area contributed by atoms with Crippen LogP contribution >= 0.6 is 0 Å². The fourth-order valence-electron chi connectivity index (χ4n) is 2.46. The predicted octanol–water partition coefficient (Wildman–Crippen LogP) is 1.46. The summed E-state index contributed by atoms with van der Waals surface area (Å²) in [5, 5.41) is 15.9. The van der Waals surface area contributed by atoms with E-state index in [0.29, 0.717) is 23.4 Å². The lowest BCUT2D eigenvalue weighted by Gasteiger charge is -2.30. The maximum Gasteiger partial charge on any atom is 0.333 e. The van der Waals surface area contributed by atoms with Crippen molar-refractivity contribution in [1.29, 1.82) is 0 Å². The van der Waals surface area contributed by atoms with Gasteiger partial charge in [0.1, 0.15) is 11.8 Å². The van der Waals surface area contributed by atoms with Crippen molar-refractivity contribution in [2.45, 2.75) is 32.4 Å². The summed E-state index contributed by atoms with van der Waals surface area (Å²) in [6, 6.07) is 6.77. The molecule has 2 aromatic rings. The second kappa shape index (κ2) is 7.90. The summed E-state index contributed by atoms with van der Waals surface area (Å²) in [7, 11) is 1.49. The Kier molecular flexibility index (Phi) is 5.84. The largest absolute Gasteiger partial charge is 0.497 e. The molecule has 0 bridgehead atoms. The number of carbonyl (C=O) groups excluding carboxylic acids is 2. The molecule has 0 aliphatic rings. The molecule has 9 nitrogen and oxygen atoms in total. The van der Waals surface area contributed by atoms with Gasteiger partial charge in [-0.25, -0.2) is 4.79 Å². The number of carboxylic acids is 1. The SMILES string of the molecule is COc1ccc(C(C)(NC(=O)C(C)N(C=O)c2cc(C)no2)C(=O)O)cc1. The van der Waals surface area contributed by atoms with Gasteiger partial charge in [-0.15, -0.1) is 0 Å². The minimum Gasteiger partial charge on any atom is -0.497 e. The highest BCUT2D eigenvalue weighted by Crippen LogP contribution is 2.25. The van der Waals surface area contributed by atoms with Gasteiger partial charge in [-0.1, -0.05) is 17.3 Å². The maximum absolute atomic E-state index is 12.7. The van der Waals surface area contributed by atoms with Crippen LogP contribution in [0.1, 0.15) is 25.1 Å². The molecule has 2 amide bonds. The van der Waals surface area contributed by atoms with Crippen molar-refractivity contribution < 1.29 is 28.8 Å². The molecule has 0 aliphatic heterocycles. The Bertz CT molecular complexity index is 832. The van der Waals surface area contributed by atoms with Crippen LogP contribution in [0.4, 0.5) is 5.88 Å². The van der Waals surface area contributed by atoms with E-state index in [-0.39, 0.29) is 5.88 Å². The number of aliphatic carboxylic acids is 1. The van der Waals surface area contributed by atoms with Crippen LogP contribution in [-0.2, 0) is 19.9 Å². The van der Waals surface area contributed by atoms with Crippen molar-refractivity contribution in [2.24, 2.45) is 0 Å². The molecule has 2 unspecified atom stereocenters. The Morgan fingerprint density at radius 1 is 1.37 bits per heavy atom. The molecule has 9 heteroatoms. The molecule has 0 aliphatic carbocycles. The number of rotatable bonds is 8. The van der Waals surface area contributed by atoms with Crippen molar-refractivity contribution >= 4 is 24.2 Å². The Labute approximate surface area is 155 Å². The minimum atomic E-state index is -1.70. The fourth-order valence-corrected chi connectivity index (χ4v) is 2.46. The third-order valence-electron chi connectivity index (χ3n) is 4.25. The number of methoxy groups -OCH3 is 1. The Morgan fingerprint density at radius 3 is 2.44 bits per heavy atom. The summed E-state index contributed by atoms with van der Waals surface area (Å²) in [6.45, 7) is 4.50. The molecule has 0 saturated heterocycles. The maximum atomic E-state index is 12.7. The number of nitrogens with zero attached hydrogens (tertiary/aromatic N) is 2. The zero-order valence-electron chi connectivity index (χ0n) is 15.4. The van der Waals surface area contributed by atoms with Crippen molar-refractivity contribution in [3.8, 4) is 5.75 Å². The second-order valence-corrected chi connectivity index (χ2v) is 6.14. The number of hydrogen-bond donors (Lipinski definition) is 2. The Morgan fingerprint density at radius 2 is 2.00 bits per heavy atom. The quantitative estimate of drug-likeness (QED) is 0.670. The lowest BCUT2D eigenvalue weighted by molar-refractivity contribution is -0.147. The van der Waals surface area contributed by atoms with Crippen molar-refractivity contribution in [2.75, 3.05) is 12.0 Å². The smallest absolute Gasteiger partial charge is 0.333 e. The van der Waals surface area contributed by atoms with Crippen LogP contribution in [0.5, 0.6) is 5.75 Å². The molecule has 144 valence electrons. The van der Waals surface area contributed by atoms with Gasteiger partial charge in [-0.3, -0.25) is 14.5 Å². The highest BCUT2D eigenvalue weighted by molar-refractivity contribution is 5.94. The van der Waals surface area contributed by atoms with Gasteiger partial charge >= 0.3 is 5.97 Å². The summed E-state index contributed by atoms with van der Waals surface area (Å²) < 4.78 is 10.1. The summed E-state index contributed by atoms with van der Waals surface area (Å²) in [5.74, 6) is -1.27. The number of nitrogens with one attached hydrogen (secondary N) is 1. The molecule has 27 heavy (non-hydrogen) atoms. The number of carbonyl (C=O) groups is 3. The van der Waals surface area contributed by atoms with E-state index in [9.17, 15) is 19.5 Å². The minimum absolute atomic E-state index is 0.0895. The van der Waals surface area contributed by atoms with Crippen LogP contribution in [0.3, 0.4) is 0 Å². The number of anilines is 1. The molecular formula is C18H21N3O6. The normalized spacial score (nSPS) is 13.9. The average molecular weight is 375 g/mol. The Balaban J connectivity index is 2.27. The summed E-state index contributed by atoms with van der Waals surface area (Å²) in [4.78, 5) is 37.0. The molecule has 0 radical (unpaired) electrons. The number of carboxylic acid groups (broad SMARTS) is 1. The summed E-state index contributed by atoms with van der Waals surface area (Å²) in [5.41, 5.74) is -0.814. The highest BCUT2D eigenvalue weighted by atomic mass is 16.5. The van der Waals surface area contributed by atoms with Crippen LogP contribution in [0.25, 0.3) is 0 Å². The van der Waals surface area contributed by atoms with E-state index in [4.69, 9.17) is 9.26 Å². The first kappa shape index (κ1) is 20.0. The van der Waals surface area contributed by atoms with Crippen molar-refractivity contribution in [3.63, 3.8) is 0 Å². The number of aromatic nitrogens is 1.